The van der Waals surface area contributed by atoms with E-state index in [-0.39, 0.29) is 5.88 Å². The molecular weight excluding hydrogens is 192 g/mol. The molecule has 2 heterocycles. The van der Waals surface area contributed by atoms with Crippen molar-refractivity contribution in [3.63, 3.8) is 0 Å². The molecule has 0 bridgehead atoms. The van der Waals surface area contributed by atoms with Crippen LogP contribution in [0.1, 0.15) is 5.89 Å². The Hall–Kier alpha value is -1.49. The van der Waals surface area contributed by atoms with Crippen LogP contribution >= 0.6 is 11.6 Å². The minimum Gasteiger partial charge on any atom is -0.338 e. The lowest BCUT2D eigenvalue weighted by molar-refractivity contribution is 0.391. The Bertz CT molecular complexity index is 388. The van der Waals surface area contributed by atoms with Crippen LogP contribution in [-0.2, 0) is 5.88 Å². The second-order valence-electron chi connectivity index (χ2n) is 2.24. The smallest absolute Gasteiger partial charge is 0.241 e. The third-order valence-electron chi connectivity index (χ3n) is 1.37. The summed E-state index contributed by atoms with van der Waals surface area (Å²) >= 11 is 5.50. The standard InChI is InChI=1S/C7H5ClN4O/c8-3-6-11-7(12-13-6)5-4-9-1-2-10-5/h1-2,4H,3H2. The molecule has 0 saturated heterocycles. The second-order valence-corrected chi connectivity index (χ2v) is 2.50. The summed E-state index contributed by atoms with van der Waals surface area (Å²) in [6.45, 7) is 0. The Morgan fingerprint density at radius 1 is 1.38 bits per heavy atom. The van der Waals surface area contributed by atoms with E-state index in [4.69, 9.17) is 16.1 Å². The van der Waals surface area contributed by atoms with Gasteiger partial charge in [0.2, 0.25) is 11.7 Å². The zero-order valence-corrected chi connectivity index (χ0v) is 7.27. The molecule has 0 fully saturated rings. The highest BCUT2D eigenvalue weighted by atomic mass is 35.5. The molecule has 2 aromatic heterocycles. The first-order chi connectivity index (χ1) is 6.40. The maximum atomic E-state index is 5.50. The molecule has 0 aliphatic carbocycles. The predicted molar refractivity (Wildman–Crippen MR) is 44.9 cm³/mol. The fraction of sp³-hybridized carbons (Fsp3) is 0.143. The predicted octanol–water partition coefficient (Wildman–Crippen LogP) is 1.27. The third-order valence-corrected chi connectivity index (χ3v) is 1.60. The van der Waals surface area contributed by atoms with Crippen molar-refractivity contribution in [3.05, 3.63) is 24.5 Å². The monoisotopic (exact) mass is 196 g/mol. The normalized spacial score (nSPS) is 10.2. The second kappa shape index (κ2) is 3.49. The van der Waals surface area contributed by atoms with Crippen molar-refractivity contribution < 1.29 is 4.52 Å². The third kappa shape index (κ3) is 1.65. The Morgan fingerprint density at radius 2 is 2.31 bits per heavy atom. The van der Waals surface area contributed by atoms with E-state index in [9.17, 15) is 0 Å². The lowest BCUT2D eigenvalue weighted by Gasteiger charge is -1.88. The number of aromatic nitrogens is 4. The number of nitrogens with zero attached hydrogens (tertiary/aromatic N) is 4. The van der Waals surface area contributed by atoms with Gasteiger partial charge in [0.05, 0.1) is 6.20 Å². The SMILES string of the molecule is ClCc1nc(-c2cnccn2)no1. The van der Waals surface area contributed by atoms with Crippen LogP contribution in [0.15, 0.2) is 23.1 Å². The first-order valence-corrected chi connectivity index (χ1v) is 4.08. The Morgan fingerprint density at radius 3 is 2.92 bits per heavy atom. The largest absolute Gasteiger partial charge is 0.338 e. The molecule has 2 aromatic rings. The summed E-state index contributed by atoms with van der Waals surface area (Å²) in [5, 5.41) is 3.68. The van der Waals surface area contributed by atoms with E-state index in [1.165, 1.54) is 0 Å². The van der Waals surface area contributed by atoms with E-state index < -0.39 is 0 Å². The fourth-order valence-electron chi connectivity index (χ4n) is 0.828. The van der Waals surface area contributed by atoms with E-state index >= 15 is 0 Å². The molecule has 0 aromatic carbocycles. The van der Waals surface area contributed by atoms with Crippen molar-refractivity contribution in [1.82, 2.24) is 20.1 Å². The van der Waals surface area contributed by atoms with Crippen LogP contribution in [0.4, 0.5) is 0 Å². The van der Waals surface area contributed by atoms with E-state index in [0.717, 1.165) is 0 Å². The molecule has 5 nitrogen and oxygen atoms in total. The van der Waals surface area contributed by atoms with Crippen molar-refractivity contribution in [2.24, 2.45) is 0 Å². The van der Waals surface area contributed by atoms with Gasteiger partial charge in [-0.3, -0.25) is 4.98 Å². The molecule has 0 unspecified atom stereocenters. The van der Waals surface area contributed by atoms with Gasteiger partial charge < -0.3 is 4.52 Å². The van der Waals surface area contributed by atoms with Gasteiger partial charge in [-0.1, -0.05) is 5.16 Å². The lowest BCUT2D eigenvalue weighted by Crippen LogP contribution is -1.86. The van der Waals surface area contributed by atoms with Crippen molar-refractivity contribution in [2.75, 3.05) is 0 Å². The minimum absolute atomic E-state index is 0.202. The summed E-state index contributed by atoms with van der Waals surface area (Å²) in [6, 6.07) is 0. The highest BCUT2D eigenvalue weighted by Gasteiger charge is 2.07. The molecule has 0 amide bonds. The van der Waals surface area contributed by atoms with Crippen molar-refractivity contribution in [2.45, 2.75) is 5.88 Å². The zero-order valence-electron chi connectivity index (χ0n) is 6.51. The van der Waals surface area contributed by atoms with Crippen LogP contribution in [0.5, 0.6) is 0 Å². The zero-order chi connectivity index (χ0) is 9.10. The van der Waals surface area contributed by atoms with E-state index in [2.05, 4.69) is 20.1 Å². The van der Waals surface area contributed by atoms with Gasteiger partial charge in [0.25, 0.3) is 0 Å². The highest BCUT2D eigenvalue weighted by Crippen LogP contribution is 2.11. The van der Waals surface area contributed by atoms with Crippen LogP contribution in [-0.4, -0.2) is 20.1 Å². The molecule has 13 heavy (non-hydrogen) atoms. The summed E-state index contributed by atoms with van der Waals surface area (Å²) in [7, 11) is 0. The summed E-state index contributed by atoms with van der Waals surface area (Å²) in [5.74, 6) is 0.985. The summed E-state index contributed by atoms with van der Waals surface area (Å²) in [6.07, 6.45) is 4.70. The Kier molecular flexibility index (Phi) is 2.18. The van der Waals surface area contributed by atoms with Gasteiger partial charge in [-0.15, -0.1) is 11.6 Å². The van der Waals surface area contributed by atoms with Crippen LogP contribution < -0.4 is 0 Å². The van der Waals surface area contributed by atoms with Gasteiger partial charge >= 0.3 is 0 Å². The topological polar surface area (TPSA) is 64.7 Å². The number of hydrogen-bond acceptors (Lipinski definition) is 5. The molecule has 0 aliphatic heterocycles. The summed E-state index contributed by atoms with van der Waals surface area (Å²) in [4.78, 5) is 11.9. The van der Waals surface area contributed by atoms with Gasteiger partial charge in [-0.2, -0.15) is 4.98 Å². The van der Waals surface area contributed by atoms with Crippen LogP contribution in [0.25, 0.3) is 11.5 Å². The molecule has 0 saturated carbocycles. The summed E-state index contributed by atoms with van der Waals surface area (Å²) in [5.41, 5.74) is 0.572. The fourth-order valence-corrected chi connectivity index (χ4v) is 0.936. The van der Waals surface area contributed by atoms with Gasteiger partial charge in [0.15, 0.2) is 0 Å². The van der Waals surface area contributed by atoms with Crippen LogP contribution in [0.2, 0.25) is 0 Å². The first kappa shape index (κ1) is 8.12. The molecule has 2 rings (SSSR count). The van der Waals surface area contributed by atoms with Gasteiger partial charge in [-0.25, -0.2) is 4.98 Å². The maximum Gasteiger partial charge on any atom is 0.241 e. The average Bonchev–Trinajstić information content (AvgIpc) is 2.67. The quantitative estimate of drug-likeness (QED) is 0.677. The van der Waals surface area contributed by atoms with Gasteiger partial charge in [-0.05, 0) is 0 Å². The molecule has 0 N–H and O–H groups in total. The van der Waals surface area contributed by atoms with Crippen LogP contribution in [0, 0.1) is 0 Å². The van der Waals surface area contributed by atoms with Crippen LogP contribution in [0.3, 0.4) is 0 Å². The number of hydrogen-bond donors (Lipinski definition) is 0. The molecule has 0 aliphatic rings. The molecular formula is C7H5ClN4O. The average molecular weight is 197 g/mol. The lowest BCUT2D eigenvalue weighted by atomic mass is 10.4. The first-order valence-electron chi connectivity index (χ1n) is 3.55. The molecule has 0 spiro atoms. The van der Waals surface area contributed by atoms with E-state index in [0.29, 0.717) is 17.4 Å². The number of rotatable bonds is 2. The minimum atomic E-state index is 0.202. The van der Waals surface area contributed by atoms with E-state index in [1.807, 2.05) is 0 Å². The van der Waals surface area contributed by atoms with Crippen molar-refractivity contribution in [3.8, 4) is 11.5 Å². The highest BCUT2D eigenvalue weighted by molar-refractivity contribution is 6.16. The van der Waals surface area contributed by atoms with Gasteiger partial charge in [0, 0.05) is 12.4 Å². The number of alkyl halides is 1. The van der Waals surface area contributed by atoms with E-state index in [1.54, 1.807) is 18.6 Å². The van der Waals surface area contributed by atoms with Crippen molar-refractivity contribution in [1.29, 1.82) is 0 Å². The Labute approximate surface area is 78.8 Å². The van der Waals surface area contributed by atoms with Crippen molar-refractivity contribution >= 4 is 11.6 Å². The molecule has 66 valence electrons. The molecule has 6 heteroatoms. The maximum absolute atomic E-state index is 5.50. The molecule has 0 atom stereocenters. The number of halogens is 1. The Balaban J connectivity index is 2.36. The summed E-state index contributed by atoms with van der Waals surface area (Å²) < 4.78 is 4.81. The molecule has 0 radical (unpaired) electrons. The van der Waals surface area contributed by atoms with Gasteiger partial charge in [0.1, 0.15) is 11.6 Å².